The van der Waals surface area contributed by atoms with E-state index in [1.807, 2.05) is 13.1 Å². The number of rotatable bonds is 2. The number of morpholine rings is 1. The van der Waals surface area contributed by atoms with Crippen LogP contribution in [0.2, 0.25) is 0 Å². The number of aromatic nitrogens is 1. The van der Waals surface area contributed by atoms with Crippen molar-refractivity contribution in [3.05, 3.63) is 28.5 Å². The zero-order valence-electron chi connectivity index (χ0n) is 9.02. The fraction of sp³-hybridized carbons (Fsp3) is 0.455. The van der Waals surface area contributed by atoms with Crippen LogP contribution >= 0.6 is 15.9 Å². The maximum Gasteiger partial charge on any atom is 0.211 e. The summed E-state index contributed by atoms with van der Waals surface area (Å²) < 4.78 is 6.32. The quantitative estimate of drug-likeness (QED) is 0.769. The predicted octanol–water partition coefficient (Wildman–Crippen LogP) is 1.36. The molecule has 2 rings (SSSR count). The summed E-state index contributed by atoms with van der Waals surface area (Å²) in [7, 11) is 1.98. The molecule has 0 aliphatic carbocycles. The van der Waals surface area contributed by atoms with Crippen LogP contribution in [0.4, 0.5) is 0 Å². The molecule has 2 heterocycles. The summed E-state index contributed by atoms with van der Waals surface area (Å²) in [5.41, 5.74) is 0.462. The van der Waals surface area contributed by atoms with E-state index in [1.54, 1.807) is 12.3 Å². The zero-order chi connectivity index (χ0) is 11.5. The monoisotopic (exact) mass is 284 g/mol. The van der Waals surface area contributed by atoms with Gasteiger partial charge in [0.15, 0.2) is 0 Å². The summed E-state index contributed by atoms with van der Waals surface area (Å²) in [6, 6.07) is 3.52. The summed E-state index contributed by atoms with van der Waals surface area (Å²) in [5.74, 6) is -0.0425. The van der Waals surface area contributed by atoms with Gasteiger partial charge in [-0.3, -0.25) is 9.78 Å². The van der Waals surface area contributed by atoms with Crippen molar-refractivity contribution in [2.24, 2.45) is 0 Å². The molecule has 4 nitrogen and oxygen atoms in total. The van der Waals surface area contributed by atoms with Crippen LogP contribution in [-0.2, 0) is 4.74 Å². The molecule has 0 bridgehead atoms. The van der Waals surface area contributed by atoms with Gasteiger partial charge in [-0.05, 0) is 35.1 Å². The second-order valence-corrected chi connectivity index (χ2v) is 4.76. The summed E-state index contributed by atoms with van der Waals surface area (Å²) in [6.45, 7) is 2.11. The first kappa shape index (κ1) is 11.7. The third-order valence-electron chi connectivity index (χ3n) is 2.54. The number of nitrogens with zero attached hydrogens (tertiary/aromatic N) is 2. The Kier molecular flexibility index (Phi) is 3.68. The number of carbonyl (C=O) groups excluding carboxylic acids is 1. The van der Waals surface area contributed by atoms with Gasteiger partial charge in [-0.1, -0.05) is 0 Å². The van der Waals surface area contributed by atoms with E-state index in [0.717, 1.165) is 11.0 Å². The van der Waals surface area contributed by atoms with Gasteiger partial charge in [0.25, 0.3) is 0 Å². The molecular weight excluding hydrogens is 272 g/mol. The Balaban J connectivity index is 2.09. The van der Waals surface area contributed by atoms with Gasteiger partial charge < -0.3 is 9.64 Å². The molecule has 0 amide bonds. The van der Waals surface area contributed by atoms with E-state index in [9.17, 15) is 4.79 Å². The summed E-state index contributed by atoms with van der Waals surface area (Å²) >= 11 is 3.29. The molecular formula is C11H13BrN2O2. The van der Waals surface area contributed by atoms with Crippen LogP contribution in [0.25, 0.3) is 0 Å². The molecule has 1 aliphatic heterocycles. The van der Waals surface area contributed by atoms with Gasteiger partial charge >= 0.3 is 0 Å². The Hall–Kier alpha value is -0.780. The van der Waals surface area contributed by atoms with Gasteiger partial charge in [-0.15, -0.1) is 0 Å². The third kappa shape index (κ3) is 2.66. The van der Waals surface area contributed by atoms with Gasteiger partial charge in [0.05, 0.1) is 6.61 Å². The minimum Gasteiger partial charge on any atom is -0.367 e. The molecule has 1 aliphatic rings. The standard InChI is InChI=1S/C11H13BrN2O2/c1-14-4-5-16-10(7-14)11(15)9-3-2-8(12)6-13-9/h2-3,6,10H,4-5,7H2,1H3. The lowest BCUT2D eigenvalue weighted by Gasteiger charge is -2.28. The fourth-order valence-electron chi connectivity index (χ4n) is 1.62. The van der Waals surface area contributed by atoms with Crippen LogP contribution in [0.3, 0.4) is 0 Å². The smallest absolute Gasteiger partial charge is 0.211 e. The molecule has 0 aromatic carbocycles. The summed E-state index contributed by atoms with van der Waals surface area (Å²) in [6.07, 6.45) is 1.24. The Labute approximate surface area is 103 Å². The molecule has 1 aromatic heterocycles. The van der Waals surface area contributed by atoms with E-state index < -0.39 is 0 Å². The lowest BCUT2D eigenvalue weighted by Crippen LogP contribution is -2.44. The minimum atomic E-state index is -0.382. The number of Topliss-reactive ketones (excluding diaryl/α,β-unsaturated/α-hetero) is 1. The number of halogens is 1. The fourth-order valence-corrected chi connectivity index (χ4v) is 1.86. The molecule has 0 spiro atoms. The zero-order valence-corrected chi connectivity index (χ0v) is 10.6. The second-order valence-electron chi connectivity index (χ2n) is 3.85. The number of carbonyl (C=O) groups is 1. The maximum atomic E-state index is 12.0. The molecule has 16 heavy (non-hydrogen) atoms. The molecule has 0 saturated carbocycles. The molecule has 5 heteroatoms. The SMILES string of the molecule is CN1CCOC(C(=O)c2ccc(Br)cn2)C1. The van der Waals surface area contributed by atoms with Crippen molar-refractivity contribution >= 4 is 21.7 Å². The van der Waals surface area contributed by atoms with Crippen LogP contribution in [0, 0.1) is 0 Å². The highest BCUT2D eigenvalue weighted by atomic mass is 79.9. The Bertz CT molecular complexity index is 380. The van der Waals surface area contributed by atoms with Gasteiger partial charge in [0, 0.05) is 23.8 Å². The van der Waals surface area contributed by atoms with Crippen molar-refractivity contribution < 1.29 is 9.53 Å². The third-order valence-corrected chi connectivity index (χ3v) is 3.01. The number of ketones is 1. The molecule has 1 aromatic rings. The lowest BCUT2D eigenvalue weighted by atomic mass is 10.1. The lowest BCUT2D eigenvalue weighted by molar-refractivity contribution is -0.00889. The van der Waals surface area contributed by atoms with Crippen molar-refractivity contribution in [2.45, 2.75) is 6.10 Å². The van der Waals surface area contributed by atoms with Crippen molar-refractivity contribution in [3.63, 3.8) is 0 Å². The number of hydrogen-bond acceptors (Lipinski definition) is 4. The van der Waals surface area contributed by atoms with Gasteiger partial charge in [-0.25, -0.2) is 0 Å². The Morgan fingerprint density at radius 1 is 1.62 bits per heavy atom. The molecule has 86 valence electrons. The molecule has 1 unspecified atom stereocenters. The van der Waals surface area contributed by atoms with Crippen LogP contribution < -0.4 is 0 Å². The predicted molar refractivity (Wildman–Crippen MR) is 63.5 cm³/mol. The van der Waals surface area contributed by atoms with E-state index in [0.29, 0.717) is 18.8 Å². The van der Waals surface area contributed by atoms with Gasteiger partial charge in [-0.2, -0.15) is 0 Å². The number of pyridine rings is 1. The Morgan fingerprint density at radius 3 is 3.06 bits per heavy atom. The van der Waals surface area contributed by atoms with E-state index >= 15 is 0 Å². The van der Waals surface area contributed by atoms with Crippen molar-refractivity contribution in [2.75, 3.05) is 26.7 Å². The first-order valence-corrected chi connectivity index (χ1v) is 5.92. The topological polar surface area (TPSA) is 42.4 Å². The number of ether oxygens (including phenoxy) is 1. The first-order chi connectivity index (χ1) is 7.66. The van der Waals surface area contributed by atoms with Crippen LogP contribution in [0.15, 0.2) is 22.8 Å². The highest BCUT2D eigenvalue weighted by Gasteiger charge is 2.26. The summed E-state index contributed by atoms with van der Waals surface area (Å²) in [4.78, 5) is 18.2. The summed E-state index contributed by atoms with van der Waals surface area (Å²) in [5, 5.41) is 0. The highest BCUT2D eigenvalue weighted by Crippen LogP contribution is 2.12. The normalized spacial score (nSPS) is 22.0. The molecule has 1 saturated heterocycles. The van der Waals surface area contributed by atoms with Gasteiger partial charge in [0.2, 0.25) is 5.78 Å². The van der Waals surface area contributed by atoms with E-state index in [2.05, 4.69) is 25.8 Å². The minimum absolute atomic E-state index is 0.0425. The van der Waals surface area contributed by atoms with Gasteiger partial charge in [0.1, 0.15) is 11.8 Å². The van der Waals surface area contributed by atoms with E-state index in [4.69, 9.17) is 4.74 Å². The second kappa shape index (κ2) is 5.03. The van der Waals surface area contributed by atoms with Crippen molar-refractivity contribution in [3.8, 4) is 0 Å². The molecule has 0 N–H and O–H groups in total. The van der Waals surface area contributed by atoms with Crippen molar-refractivity contribution in [1.82, 2.24) is 9.88 Å². The van der Waals surface area contributed by atoms with E-state index in [-0.39, 0.29) is 11.9 Å². The largest absolute Gasteiger partial charge is 0.367 e. The highest BCUT2D eigenvalue weighted by molar-refractivity contribution is 9.10. The molecule has 1 fully saturated rings. The van der Waals surface area contributed by atoms with Crippen LogP contribution in [0.5, 0.6) is 0 Å². The maximum absolute atomic E-state index is 12.0. The van der Waals surface area contributed by atoms with Crippen LogP contribution in [-0.4, -0.2) is 48.5 Å². The number of likely N-dealkylation sites (N-methyl/N-ethyl adjacent to an activating group) is 1. The molecule has 1 atom stereocenters. The van der Waals surface area contributed by atoms with E-state index in [1.165, 1.54) is 0 Å². The Morgan fingerprint density at radius 2 is 2.44 bits per heavy atom. The average Bonchev–Trinajstić information content (AvgIpc) is 2.29. The average molecular weight is 285 g/mol. The number of hydrogen-bond donors (Lipinski definition) is 0. The first-order valence-electron chi connectivity index (χ1n) is 5.13. The molecule has 0 radical (unpaired) electrons. The van der Waals surface area contributed by atoms with Crippen LogP contribution in [0.1, 0.15) is 10.5 Å². The van der Waals surface area contributed by atoms with Crippen molar-refractivity contribution in [1.29, 1.82) is 0 Å².